The van der Waals surface area contributed by atoms with E-state index in [1.54, 1.807) is 0 Å². The number of thioether (sulfide) groups is 1. The van der Waals surface area contributed by atoms with E-state index in [0.29, 0.717) is 6.04 Å². The first-order valence-electron chi connectivity index (χ1n) is 6.79. The molecule has 1 aliphatic rings. The maximum Gasteiger partial charge on any atom is 0.00944 e. The lowest BCUT2D eigenvalue weighted by Crippen LogP contribution is -2.21. The number of hydrogen-bond acceptors (Lipinski definition) is 2. The lowest BCUT2D eigenvalue weighted by molar-refractivity contribution is 0.646. The highest BCUT2D eigenvalue weighted by Gasteiger charge is 2.15. The molecule has 2 N–H and O–H groups in total. The Kier molecular flexibility index (Phi) is 4.93. The number of hydrogen-bond donors (Lipinski definition) is 1. The minimum Gasteiger partial charge on any atom is -0.327 e. The van der Waals surface area contributed by atoms with Crippen LogP contribution in [0, 0.1) is 0 Å². The molecule has 1 aromatic carbocycles. The second-order valence-corrected chi connectivity index (χ2v) is 6.41. The van der Waals surface area contributed by atoms with Crippen molar-refractivity contribution in [3.8, 4) is 0 Å². The van der Waals surface area contributed by atoms with Crippen molar-refractivity contribution in [3.63, 3.8) is 0 Å². The van der Waals surface area contributed by atoms with Crippen molar-refractivity contribution in [2.45, 2.75) is 61.6 Å². The molecule has 2 rings (SSSR count). The van der Waals surface area contributed by atoms with Gasteiger partial charge in [0.2, 0.25) is 0 Å². The predicted molar refractivity (Wildman–Crippen MR) is 76.5 cm³/mol. The monoisotopic (exact) mass is 249 g/mol. The van der Waals surface area contributed by atoms with Crippen molar-refractivity contribution in [3.05, 3.63) is 29.8 Å². The minimum absolute atomic E-state index is 0.309. The maximum atomic E-state index is 5.97. The van der Waals surface area contributed by atoms with E-state index in [0.717, 1.165) is 18.1 Å². The Morgan fingerprint density at radius 3 is 2.47 bits per heavy atom. The summed E-state index contributed by atoms with van der Waals surface area (Å²) in [4.78, 5) is 1.42. The molecular formula is C15H23NS. The van der Waals surface area contributed by atoms with Crippen molar-refractivity contribution in [1.82, 2.24) is 0 Å². The van der Waals surface area contributed by atoms with Gasteiger partial charge in [-0.25, -0.2) is 0 Å². The van der Waals surface area contributed by atoms with Crippen LogP contribution in [0.1, 0.15) is 44.6 Å². The highest BCUT2D eigenvalue weighted by molar-refractivity contribution is 8.00. The Morgan fingerprint density at radius 2 is 1.88 bits per heavy atom. The van der Waals surface area contributed by atoms with Crippen molar-refractivity contribution in [2.24, 2.45) is 5.73 Å². The van der Waals surface area contributed by atoms with Crippen LogP contribution in [-0.4, -0.2) is 11.3 Å². The summed E-state index contributed by atoms with van der Waals surface area (Å²) in [5, 5.41) is 0.860. The standard InChI is InChI=1S/C15H23NS/c1-2-13(16)11-12-7-9-15(10-8-12)17-14-5-3-4-6-14/h7-10,13-14H,2-6,11,16H2,1H3. The summed E-state index contributed by atoms with van der Waals surface area (Å²) in [5.74, 6) is 0. The molecule has 1 aromatic rings. The van der Waals surface area contributed by atoms with Crippen LogP contribution in [0.4, 0.5) is 0 Å². The topological polar surface area (TPSA) is 26.0 Å². The molecule has 17 heavy (non-hydrogen) atoms. The van der Waals surface area contributed by atoms with Gasteiger partial charge in [-0.2, -0.15) is 0 Å². The van der Waals surface area contributed by atoms with Gasteiger partial charge in [-0.15, -0.1) is 11.8 Å². The van der Waals surface area contributed by atoms with E-state index in [2.05, 4.69) is 43.0 Å². The largest absolute Gasteiger partial charge is 0.327 e. The fourth-order valence-electron chi connectivity index (χ4n) is 2.35. The van der Waals surface area contributed by atoms with Crippen LogP contribution in [0.2, 0.25) is 0 Å². The van der Waals surface area contributed by atoms with Crippen LogP contribution < -0.4 is 5.73 Å². The predicted octanol–water partition coefficient (Wildman–Crippen LogP) is 4.00. The molecule has 0 saturated heterocycles. The second-order valence-electron chi connectivity index (χ2n) is 5.04. The smallest absolute Gasteiger partial charge is 0.00944 e. The summed E-state index contributed by atoms with van der Waals surface area (Å²) in [6.07, 6.45) is 7.69. The molecule has 0 aliphatic heterocycles. The van der Waals surface area contributed by atoms with Crippen LogP contribution in [0.15, 0.2) is 29.2 Å². The normalized spacial score (nSPS) is 18.5. The Hall–Kier alpha value is -0.470. The van der Waals surface area contributed by atoms with Gasteiger partial charge in [0.05, 0.1) is 0 Å². The van der Waals surface area contributed by atoms with E-state index in [4.69, 9.17) is 5.73 Å². The molecule has 0 amide bonds. The van der Waals surface area contributed by atoms with Gasteiger partial charge in [0.25, 0.3) is 0 Å². The lowest BCUT2D eigenvalue weighted by atomic mass is 10.1. The van der Waals surface area contributed by atoms with E-state index in [1.165, 1.54) is 36.1 Å². The zero-order chi connectivity index (χ0) is 12.1. The van der Waals surface area contributed by atoms with Crippen molar-refractivity contribution in [1.29, 1.82) is 0 Å². The average molecular weight is 249 g/mol. The van der Waals surface area contributed by atoms with Gasteiger partial charge >= 0.3 is 0 Å². The van der Waals surface area contributed by atoms with E-state index in [1.807, 2.05) is 0 Å². The fraction of sp³-hybridized carbons (Fsp3) is 0.600. The van der Waals surface area contributed by atoms with Crippen LogP contribution in [0.3, 0.4) is 0 Å². The quantitative estimate of drug-likeness (QED) is 0.853. The molecule has 2 heteroatoms. The molecule has 1 fully saturated rings. The Balaban J connectivity index is 1.88. The van der Waals surface area contributed by atoms with Gasteiger partial charge in [0.1, 0.15) is 0 Å². The molecular weight excluding hydrogens is 226 g/mol. The first-order valence-corrected chi connectivity index (χ1v) is 7.67. The SMILES string of the molecule is CCC(N)Cc1ccc(SC2CCCC2)cc1. The Labute approximate surface area is 109 Å². The van der Waals surface area contributed by atoms with E-state index >= 15 is 0 Å². The molecule has 1 atom stereocenters. The highest BCUT2D eigenvalue weighted by atomic mass is 32.2. The highest BCUT2D eigenvalue weighted by Crippen LogP contribution is 2.34. The maximum absolute atomic E-state index is 5.97. The molecule has 0 spiro atoms. The van der Waals surface area contributed by atoms with E-state index in [-0.39, 0.29) is 0 Å². The Bertz CT molecular complexity index is 327. The zero-order valence-electron chi connectivity index (χ0n) is 10.7. The number of rotatable bonds is 5. The molecule has 1 nitrogen and oxygen atoms in total. The van der Waals surface area contributed by atoms with E-state index in [9.17, 15) is 0 Å². The summed E-state index contributed by atoms with van der Waals surface area (Å²) >= 11 is 2.05. The van der Waals surface area contributed by atoms with Crippen molar-refractivity contribution in [2.75, 3.05) is 0 Å². The van der Waals surface area contributed by atoms with Crippen molar-refractivity contribution >= 4 is 11.8 Å². The third-order valence-electron chi connectivity index (χ3n) is 3.55. The molecule has 94 valence electrons. The fourth-order valence-corrected chi connectivity index (χ4v) is 3.60. The third-order valence-corrected chi connectivity index (χ3v) is 4.90. The zero-order valence-corrected chi connectivity index (χ0v) is 11.5. The first kappa shape index (κ1) is 13.0. The average Bonchev–Trinajstić information content (AvgIpc) is 2.84. The summed E-state index contributed by atoms with van der Waals surface area (Å²) in [6, 6.07) is 9.32. The van der Waals surface area contributed by atoms with Crippen LogP contribution in [0.5, 0.6) is 0 Å². The summed E-state index contributed by atoms with van der Waals surface area (Å²) in [6.45, 7) is 2.15. The van der Waals surface area contributed by atoms with Gasteiger partial charge in [0, 0.05) is 16.2 Å². The van der Waals surface area contributed by atoms with Crippen molar-refractivity contribution < 1.29 is 0 Å². The van der Waals surface area contributed by atoms with Gasteiger partial charge in [-0.3, -0.25) is 0 Å². The Morgan fingerprint density at radius 1 is 1.24 bits per heavy atom. The van der Waals surface area contributed by atoms with Crippen LogP contribution in [-0.2, 0) is 6.42 Å². The number of benzene rings is 1. The second kappa shape index (κ2) is 6.46. The van der Waals surface area contributed by atoms with Gasteiger partial charge < -0.3 is 5.73 Å². The molecule has 1 saturated carbocycles. The summed E-state index contributed by atoms with van der Waals surface area (Å²) in [7, 11) is 0. The first-order chi connectivity index (χ1) is 8.28. The van der Waals surface area contributed by atoms with E-state index < -0.39 is 0 Å². The van der Waals surface area contributed by atoms with Crippen LogP contribution >= 0.6 is 11.8 Å². The summed E-state index contributed by atoms with van der Waals surface area (Å²) in [5.41, 5.74) is 7.34. The molecule has 1 aliphatic carbocycles. The molecule has 0 aromatic heterocycles. The molecule has 0 heterocycles. The molecule has 0 radical (unpaired) electrons. The third kappa shape index (κ3) is 4.04. The summed E-state index contributed by atoms with van der Waals surface area (Å²) < 4.78 is 0. The van der Waals surface area contributed by atoms with Crippen LogP contribution in [0.25, 0.3) is 0 Å². The molecule has 1 unspecified atom stereocenters. The van der Waals surface area contributed by atoms with Gasteiger partial charge in [-0.05, 0) is 43.4 Å². The lowest BCUT2D eigenvalue weighted by Gasteiger charge is -2.11. The van der Waals surface area contributed by atoms with Gasteiger partial charge in [0.15, 0.2) is 0 Å². The minimum atomic E-state index is 0.309. The van der Waals surface area contributed by atoms with Gasteiger partial charge in [-0.1, -0.05) is 31.9 Å². The molecule has 0 bridgehead atoms. The number of nitrogens with two attached hydrogens (primary N) is 1.